The Bertz CT molecular complexity index is 457. The number of piperidine rings is 1. The molecule has 1 aliphatic rings. The fraction of sp³-hybridized carbons (Fsp3) is 0.667. The number of carbonyl (C=O) groups excluding carboxylic acids is 1. The Morgan fingerprint density at radius 3 is 2.47 bits per heavy atom. The summed E-state index contributed by atoms with van der Waals surface area (Å²) in [5.41, 5.74) is 3.07. The van der Waals surface area contributed by atoms with Crippen LogP contribution in [0.2, 0.25) is 0 Å². The highest BCUT2D eigenvalue weighted by atomic mass is 16.5. The van der Waals surface area contributed by atoms with Crippen LogP contribution in [0.1, 0.15) is 34.6 Å². The number of ketones is 1. The van der Waals surface area contributed by atoms with Crippen LogP contribution in [-0.2, 0) is 11.8 Å². The van der Waals surface area contributed by atoms with Crippen LogP contribution in [0.3, 0.4) is 0 Å². The minimum absolute atomic E-state index is 0.233. The normalized spacial score (nSPS) is 17.9. The van der Waals surface area contributed by atoms with E-state index in [1.807, 2.05) is 27.0 Å². The Morgan fingerprint density at radius 2 is 2.00 bits per heavy atom. The van der Waals surface area contributed by atoms with Crippen LogP contribution in [-0.4, -0.2) is 48.1 Å². The number of methoxy groups -OCH3 is 1. The summed E-state index contributed by atoms with van der Waals surface area (Å²) < 4.78 is 7.43. The highest BCUT2D eigenvalue weighted by Crippen LogP contribution is 2.17. The van der Waals surface area contributed by atoms with Gasteiger partial charge in [-0.25, -0.2) is 0 Å². The second-order valence-electron chi connectivity index (χ2n) is 5.48. The molecule has 0 saturated carbocycles. The molecule has 19 heavy (non-hydrogen) atoms. The summed E-state index contributed by atoms with van der Waals surface area (Å²) in [5.74, 6) is 0.233. The van der Waals surface area contributed by atoms with E-state index in [1.165, 1.54) is 0 Å². The quantitative estimate of drug-likeness (QED) is 0.779. The van der Waals surface area contributed by atoms with Gasteiger partial charge in [0.15, 0.2) is 5.78 Å². The van der Waals surface area contributed by atoms with Gasteiger partial charge in [0.25, 0.3) is 0 Å². The van der Waals surface area contributed by atoms with E-state index in [0.717, 1.165) is 42.9 Å². The van der Waals surface area contributed by atoms with Gasteiger partial charge < -0.3 is 9.30 Å². The number of rotatable bonds is 4. The summed E-state index contributed by atoms with van der Waals surface area (Å²) in [7, 11) is 3.77. The first-order valence-corrected chi connectivity index (χ1v) is 6.94. The molecule has 4 heteroatoms. The Morgan fingerprint density at radius 1 is 1.37 bits per heavy atom. The summed E-state index contributed by atoms with van der Waals surface area (Å²) in [5, 5.41) is 0. The van der Waals surface area contributed by atoms with Gasteiger partial charge in [-0.05, 0) is 32.8 Å². The molecular weight excluding hydrogens is 240 g/mol. The Hall–Kier alpha value is -1.13. The van der Waals surface area contributed by atoms with E-state index >= 15 is 0 Å². The lowest BCUT2D eigenvalue weighted by Gasteiger charge is -2.30. The molecule has 2 heterocycles. The minimum Gasteiger partial charge on any atom is -0.381 e. The van der Waals surface area contributed by atoms with Crippen molar-refractivity contribution in [3.05, 3.63) is 23.0 Å². The van der Waals surface area contributed by atoms with Crippen molar-refractivity contribution in [2.75, 3.05) is 26.7 Å². The molecule has 106 valence electrons. The predicted molar refractivity (Wildman–Crippen MR) is 75.7 cm³/mol. The molecule has 0 N–H and O–H groups in total. The van der Waals surface area contributed by atoms with E-state index < -0.39 is 0 Å². The lowest BCUT2D eigenvalue weighted by Crippen LogP contribution is -2.39. The minimum atomic E-state index is 0.233. The molecule has 1 aromatic heterocycles. The number of ether oxygens (including phenoxy) is 1. The van der Waals surface area contributed by atoms with Gasteiger partial charge in [-0.3, -0.25) is 9.69 Å². The van der Waals surface area contributed by atoms with Crippen molar-refractivity contribution in [3.8, 4) is 0 Å². The molecule has 1 aliphatic heterocycles. The summed E-state index contributed by atoms with van der Waals surface area (Å²) in [6.07, 6.45) is 2.42. The zero-order valence-electron chi connectivity index (χ0n) is 12.4. The van der Waals surface area contributed by atoms with Gasteiger partial charge in [0.1, 0.15) is 0 Å². The van der Waals surface area contributed by atoms with E-state index in [1.54, 1.807) is 7.11 Å². The molecule has 4 nitrogen and oxygen atoms in total. The number of aryl methyl sites for hydroxylation is 1. The number of aromatic nitrogens is 1. The number of hydrogen-bond acceptors (Lipinski definition) is 3. The van der Waals surface area contributed by atoms with Gasteiger partial charge in [0, 0.05) is 44.2 Å². The topological polar surface area (TPSA) is 34.5 Å². The van der Waals surface area contributed by atoms with Crippen molar-refractivity contribution in [3.63, 3.8) is 0 Å². The van der Waals surface area contributed by atoms with Gasteiger partial charge in [-0.1, -0.05) is 0 Å². The average molecular weight is 264 g/mol. The van der Waals surface area contributed by atoms with E-state index in [0.29, 0.717) is 12.6 Å². The van der Waals surface area contributed by atoms with Crippen LogP contribution >= 0.6 is 0 Å². The molecule has 1 aromatic rings. The first-order valence-electron chi connectivity index (χ1n) is 6.94. The second-order valence-corrected chi connectivity index (χ2v) is 5.48. The lowest BCUT2D eigenvalue weighted by molar-refractivity contribution is 0.0401. The molecular formula is C15H24N2O2. The molecule has 0 radical (unpaired) electrons. The molecule has 0 amide bonds. The van der Waals surface area contributed by atoms with E-state index in [2.05, 4.69) is 9.47 Å². The molecule has 1 saturated heterocycles. The van der Waals surface area contributed by atoms with Crippen molar-refractivity contribution < 1.29 is 9.53 Å². The third-order valence-corrected chi connectivity index (χ3v) is 4.31. The van der Waals surface area contributed by atoms with Crippen LogP contribution in [0, 0.1) is 13.8 Å². The van der Waals surface area contributed by atoms with E-state index in [-0.39, 0.29) is 5.78 Å². The Kier molecular flexibility index (Phi) is 4.42. The molecule has 0 bridgehead atoms. The third-order valence-electron chi connectivity index (χ3n) is 4.31. The number of carbonyl (C=O) groups is 1. The van der Waals surface area contributed by atoms with Crippen molar-refractivity contribution in [2.24, 2.45) is 7.05 Å². The predicted octanol–water partition coefficient (Wildman–Crippen LogP) is 1.94. The number of hydrogen-bond donors (Lipinski definition) is 0. The van der Waals surface area contributed by atoms with Crippen LogP contribution in [0.25, 0.3) is 0 Å². The average Bonchev–Trinajstić information content (AvgIpc) is 2.67. The second kappa shape index (κ2) is 5.88. The summed E-state index contributed by atoms with van der Waals surface area (Å²) in [6, 6.07) is 2.00. The van der Waals surface area contributed by atoms with E-state index in [9.17, 15) is 4.79 Å². The molecule has 2 rings (SSSR count). The van der Waals surface area contributed by atoms with Gasteiger partial charge >= 0.3 is 0 Å². The first kappa shape index (κ1) is 14.3. The maximum atomic E-state index is 12.4. The van der Waals surface area contributed by atoms with E-state index in [4.69, 9.17) is 4.74 Å². The molecule has 1 fully saturated rings. The summed E-state index contributed by atoms with van der Waals surface area (Å²) >= 11 is 0. The van der Waals surface area contributed by atoms with Crippen molar-refractivity contribution in [2.45, 2.75) is 32.8 Å². The fourth-order valence-electron chi connectivity index (χ4n) is 2.73. The molecule has 0 aromatic carbocycles. The SMILES string of the molecule is COC1CCN(CC(=O)c2cc(C)n(C)c2C)CC1. The van der Waals surface area contributed by atoms with Gasteiger partial charge in [0.2, 0.25) is 0 Å². The van der Waals surface area contributed by atoms with Gasteiger partial charge in [-0.15, -0.1) is 0 Å². The first-order chi connectivity index (χ1) is 9.02. The molecule has 0 aliphatic carbocycles. The Labute approximate surface area is 115 Å². The third kappa shape index (κ3) is 3.07. The largest absolute Gasteiger partial charge is 0.381 e. The molecule has 0 spiro atoms. The van der Waals surface area contributed by atoms with Crippen LogP contribution < -0.4 is 0 Å². The lowest BCUT2D eigenvalue weighted by atomic mass is 10.1. The fourth-order valence-corrected chi connectivity index (χ4v) is 2.73. The van der Waals surface area contributed by atoms with Gasteiger partial charge in [0.05, 0.1) is 12.6 Å². The maximum Gasteiger partial charge on any atom is 0.178 e. The monoisotopic (exact) mass is 264 g/mol. The molecule has 0 unspecified atom stereocenters. The highest BCUT2D eigenvalue weighted by molar-refractivity contribution is 5.99. The number of nitrogens with zero attached hydrogens (tertiary/aromatic N) is 2. The van der Waals surface area contributed by atoms with Crippen molar-refractivity contribution in [1.82, 2.24) is 9.47 Å². The standard InChI is InChI=1S/C15H24N2O2/c1-11-9-14(12(2)16(11)3)15(18)10-17-7-5-13(19-4)6-8-17/h9,13H,5-8,10H2,1-4H3. The number of Topliss-reactive ketones (excluding diaryl/α,β-unsaturated/α-hetero) is 1. The van der Waals surface area contributed by atoms with Crippen LogP contribution in [0.15, 0.2) is 6.07 Å². The highest BCUT2D eigenvalue weighted by Gasteiger charge is 2.22. The van der Waals surface area contributed by atoms with Crippen molar-refractivity contribution >= 4 is 5.78 Å². The number of likely N-dealkylation sites (tertiary alicyclic amines) is 1. The van der Waals surface area contributed by atoms with Gasteiger partial charge in [-0.2, -0.15) is 0 Å². The zero-order chi connectivity index (χ0) is 14.0. The Balaban J connectivity index is 1.96. The molecule has 0 atom stereocenters. The smallest absolute Gasteiger partial charge is 0.178 e. The zero-order valence-corrected chi connectivity index (χ0v) is 12.4. The summed E-state index contributed by atoms with van der Waals surface area (Å²) in [6.45, 7) is 6.48. The van der Waals surface area contributed by atoms with Crippen LogP contribution in [0.5, 0.6) is 0 Å². The van der Waals surface area contributed by atoms with Crippen LogP contribution in [0.4, 0.5) is 0 Å². The van der Waals surface area contributed by atoms with Crippen molar-refractivity contribution in [1.29, 1.82) is 0 Å². The maximum absolute atomic E-state index is 12.4. The summed E-state index contributed by atoms with van der Waals surface area (Å²) in [4.78, 5) is 14.6.